The first-order chi connectivity index (χ1) is 9.90. The highest BCUT2D eigenvalue weighted by Gasteiger charge is 2.23. The molecule has 2 aliphatic rings. The Labute approximate surface area is 118 Å². The molecule has 1 atom stereocenters. The molecular weight excluding hydrogens is 250 g/mol. The Kier molecular flexibility index (Phi) is 2.92. The number of hydrogen-bond acceptors (Lipinski definition) is 4. The van der Waals surface area contributed by atoms with Crippen LogP contribution >= 0.6 is 0 Å². The zero-order valence-corrected chi connectivity index (χ0v) is 11.5. The maximum atomic E-state index is 4.18. The number of nitrogens with one attached hydrogen (secondary N) is 1. The molecule has 4 rings (SSSR count). The summed E-state index contributed by atoms with van der Waals surface area (Å²) in [6.07, 6.45) is 3.04. The maximum Gasteiger partial charge on any atom is 0.147 e. The third kappa shape index (κ3) is 2.08. The van der Waals surface area contributed by atoms with Crippen LogP contribution in [0.1, 0.15) is 23.7 Å². The highest BCUT2D eigenvalue weighted by atomic mass is 15.3. The van der Waals surface area contributed by atoms with E-state index in [1.54, 1.807) is 0 Å². The summed E-state index contributed by atoms with van der Waals surface area (Å²) in [6, 6.07) is 8.68. The lowest BCUT2D eigenvalue weighted by molar-refractivity contribution is 0.210. The quantitative estimate of drug-likeness (QED) is 0.921. The van der Waals surface area contributed by atoms with Gasteiger partial charge in [0.1, 0.15) is 12.2 Å². The van der Waals surface area contributed by atoms with E-state index in [2.05, 4.69) is 49.2 Å². The summed E-state index contributed by atoms with van der Waals surface area (Å²) in [5.41, 5.74) is 2.79. The normalized spacial score (nSPS) is 21.3. The fourth-order valence-corrected chi connectivity index (χ4v) is 3.26. The van der Waals surface area contributed by atoms with E-state index >= 15 is 0 Å². The summed E-state index contributed by atoms with van der Waals surface area (Å²) < 4.78 is 2.16. The number of nitrogens with zero attached hydrogens (tertiary/aromatic N) is 4. The van der Waals surface area contributed by atoms with Crippen molar-refractivity contribution >= 4 is 5.69 Å². The van der Waals surface area contributed by atoms with E-state index in [0.29, 0.717) is 5.92 Å². The average Bonchev–Trinajstić information content (AvgIpc) is 3.11. The van der Waals surface area contributed by atoms with Gasteiger partial charge in [0.05, 0.1) is 6.54 Å². The standard InChI is InChI=1S/C15H19N5/c1-2-4-14-13(3-1)12(9-16-14)5-6-19-7-8-20-11-17-18-15(20)10-19/h1-4,11-12,16H,5-10H2. The average molecular weight is 269 g/mol. The van der Waals surface area contributed by atoms with Crippen LogP contribution in [0.4, 0.5) is 5.69 Å². The van der Waals surface area contributed by atoms with E-state index in [9.17, 15) is 0 Å². The molecule has 0 radical (unpaired) electrons. The third-order valence-electron chi connectivity index (χ3n) is 4.45. The second-order valence-corrected chi connectivity index (χ2v) is 5.67. The predicted octanol–water partition coefficient (Wildman–Crippen LogP) is 1.69. The zero-order chi connectivity index (χ0) is 13.4. The Morgan fingerprint density at radius 3 is 3.20 bits per heavy atom. The van der Waals surface area contributed by atoms with Gasteiger partial charge in [-0.15, -0.1) is 10.2 Å². The molecule has 20 heavy (non-hydrogen) atoms. The summed E-state index contributed by atoms with van der Waals surface area (Å²) in [7, 11) is 0. The Hall–Kier alpha value is -1.88. The van der Waals surface area contributed by atoms with Crippen molar-refractivity contribution in [3.05, 3.63) is 42.0 Å². The minimum Gasteiger partial charge on any atom is -0.384 e. The van der Waals surface area contributed by atoms with Crippen LogP contribution in [0.2, 0.25) is 0 Å². The molecule has 0 spiro atoms. The van der Waals surface area contributed by atoms with Crippen molar-refractivity contribution in [2.45, 2.75) is 25.4 Å². The monoisotopic (exact) mass is 269 g/mol. The van der Waals surface area contributed by atoms with Crippen LogP contribution in [0.3, 0.4) is 0 Å². The lowest BCUT2D eigenvalue weighted by Crippen LogP contribution is -2.35. The molecule has 1 aromatic heterocycles. The molecule has 5 heteroatoms. The molecule has 2 aliphatic heterocycles. The fraction of sp³-hybridized carbons (Fsp3) is 0.467. The van der Waals surface area contributed by atoms with Crippen LogP contribution in [-0.4, -0.2) is 39.3 Å². The molecule has 1 unspecified atom stereocenters. The van der Waals surface area contributed by atoms with Gasteiger partial charge < -0.3 is 9.88 Å². The molecule has 0 fully saturated rings. The van der Waals surface area contributed by atoms with Crippen molar-refractivity contribution in [2.24, 2.45) is 0 Å². The smallest absolute Gasteiger partial charge is 0.147 e. The Balaban J connectivity index is 1.38. The number of fused-ring (bicyclic) bond motifs is 2. The molecule has 3 heterocycles. The topological polar surface area (TPSA) is 46.0 Å². The number of benzene rings is 1. The van der Waals surface area contributed by atoms with Gasteiger partial charge in [-0.1, -0.05) is 18.2 Å². The van der Waals surface area contributed by atoms with Crippen molar-refractivity contribution in [3.8, 4) is 0 Å². The summed E-state index contributed by atoms with van der Waals surface area (Å²) in [4.78, 5) is 2.49. The first-order valence-corrected chi connectivity index (χ1v) is 7.32. The molecule has 104 valence electrons. The van der Waals surface area contributed by atoms with Gasteiger partial charge in [-0.05, 0) is 24.6 Å². The van der Waals surface area contributed by atoms with Gasteiger partial charge in [-0.25, -0.2) is 0 Å². The first-order valence-electron chi connectivity index (χ1n) is 7.32. The van der Waals surface area contributed by atoms with E-state index in [-0.39, 0.29) is 0 Å². The van der Waals surface area contributed by atoms with Crippen molar-refractivity contribution in [1.29, 1.82) is 0 Å². The predicted molar refractivity (Wildman–Crippen MR) is 77.6 cm³/mol. The van der Waals surface area contributed by atoms with Crippen molar-refractivity contribution in [3.63, 3.8) is 0 Å². The molecule has 2 aromatic rings. The van der Waals surface area contributed by atoms with Gasteiger partial charge >= 0.3 is 0 Å². The lowest BCUT2D eigenvalue weighted by Gasteiger charge is -2.27. The van der Waals surface area contributed by atoms with E-state index in [4.69, 9.17) is 0 Å². The number of para-hydroxylation sites is 1. The van der Waals surface area contributed by atoms with E-state index < -0.39 is 0 Å². The van der Waals surface area contributed by atoms with Crippen LogP contribution in [0.5, 0.6) is 0 Å². The van der Waals surface area contributed by atoms with Gasteiger partial charge in [0, 0.05) is 31.2 Å². The molecule has 5 nitrogen and oxygen atoms in total. The van der Waals surface area contributed by atoms with Gasteiger partial charge in [0.2, 0.25) is 0 Å². The first kappa shape index (κ1) is 11.9. The Morgan fingerprint density at radius 2 is 2.20 bits per heavy atom. The van der Waals surface area contributed by atoms with E-state index in [0.717, 1.165) is 38.5 Å². The highest BCUT2D eigenvalue weighted by Crippen LogP contribution is 2.33. The van der Waals surface area contributed by atoms with Crippen LogP contribution in [0, 0.1) is 0 Å². The summed E-state index contributed by atoms with van der Waals surface area (Å²) in [5.74, 6) is 1.74. The molecule has 0 saturated heterocycles. The van der Waals surface area contributed by atoms with Gasteiger partial charge in [-0.2, -0.15) is 0 Å². The Morgan fingerprint density at radius 1 is 1.25 bits per heavy atom. The molecule has 1 N–H and O–H groups in total. The van der Waals surface area contributed by atoms with Gasteiger partial charge in [0.15, 0.2) is 0 Å². The second-order valence-electron chi connectivity index (χ2n) is 5.67. The minimum absolute atomic E-state index is 0.644. The van der Waals surface area contributed by atoms with E-state index in [1.165, 1.54) is 17.7 Å². The van der Waals surface area contributed by atoms with Crippen LogP contribution in [-0.2, 0) is 13.1 Å². The third-order valence-corrected chi connectivity index (χ3v) is 4.45. The van der Waals surface area contributed by atoms with Crippen LogP contribution < -0.4 is 5.32 Å². The second kappa shape index (κ2) is 4.90. The van der Waals surface area contributed by atoms with Crippen molar-refractivity contribution < 1.29 is 0 Å². The molecule has 0 bridgehead atoms. The summed E-state index contributed by atoms with van der Waals surface area (Å²) >= 11 is 0. The largest absolute Gasteiger partial charge is 0.384 e. The number of anilines is 1. The highest BCUT2D eigenvalue weighted by molar-refractivity contribution is 5.57. The molecule has 0 aliphatic carbocycles. The molecule has 1 aromatic carbocycles. The van der Waals surface area contributed by atoms with Crippen LogP contribution in [0.15, 0.2) is 30.6 Å². The summed E-state index contributed by atoms with van der Waals surface area (Å²) in [5, 5.41) is 11.7. The number of hydrogen-bond donors (Lipinski definition) is 1. The molecular formula is C15H19N5. The fourth-order valence-electron chi connectivity index (χ4n) is 3.26. The van der Waals surface area contributed by atoms with Crippen molar-refractivity contribution in [1.82, 2.24) is 19.7 Å². The lowest BCUT2D eigenvalue weighted by atomic mass is 9.97. The van der Waals surface area contributed by atoms with Gasteiger partial charge in [0.25, 0.3) is 0 Å². The number of aromatic nitrogens is 3. The van der Waals surface area contributed by atoms with Gasteiger partial charge in [-0.3, -0.25) is 4.90 Å². The van der Waals surface area contributed by atoms with Crippen molar-refractivity contribution in [2.75, 3.05) is 25.0 Å². The van der Waals surface area contributed by atoms with E-state index in [1.807, 2.05) is 6.33 Å². The minimum atomic E-state index is 0.644. The maximum absolute atomic E-state index is 4.18. The zero-order valence-electron chi connectivity index (χ0n) is 11.5. The SMILES string of the molecule is c1ccc2c(c1)NCC2CCN1CCn2cnnc2C1. The molecule has 0 saturated carbocycles. The summed E-state index contributed by atoms with van der Waals surface area (Å²) in [6.45, 7) is 5.26. The molecule has 0 amide bonds. The number of rotatable bonds is 3. The van der Waals surface area contributed by atoms with Crippen LogP contribution in [0.25, 0.3) is 0 Å². The Bertz CT molecular complexity index is 606.